The fourth-order valence-corrected chi connectivity index (χ4v) is 3.33. The van der Waals surface area contributed by atoms with E-state index >= 15 is 0 Å². The predicted molar refractivity (Wildman–Crippen MR) is 45.8 cm³/mol. The minimum absolute atomic E-state index is 0.00264. The van der Waals surface area contributed by atoms with E-state index in [0.29, 0.717) is 0 Å². The molecule has 4 nitrogen and oxygen atoms in total. The summed E-state index contributed by atoms with van der Waals surface area (Å²) in [6.45, 7) is 0.782. The van der Waals surface area contributed by atoms with Gasteiger partial charge in [0.15, 0.2) is 0 Å². The lowest BCUT2D eigenvalue weighted by molar-refractivity contribution is 0.0209. The van der Waals surface area contributed by atoms with Gasteiger partial charge in [0.05, 0.1) is 18.0 Å². The quantitative estimate of drug-likeness (QED) is 0.469. The Kier molecular flexibility index (Phi) is 2.31. The number of nitrogens with zero attached hydrogens (tertiary/aromatic N) is 1. The molecule has 0 amide bonds. The van der Waals surface area contributed by atoms with Crippen molar-refractivity contribution < 1.29 is 15.3 Å². The zero-order valence-corrected chi connectivity index (χ0v) is 7.44. The lowest BCUT2D eigenvalue weighted by Gasteiger charge is -2.21. The second-order valence-corrected chi connectivity index (χ2v) is 4.45. The van der Waals surface area contributed by atoms with Crippen LogP contribution in [0.15, 0.2) is 0 Å². The first-order valence-electron chi connectivity index (χ1n) is 4.10. The molecule has 12 heavy (non-hydrogen) atoms. The molecule has 0 aromatic carbocycles. The van der Waals surface area contributed by atoms with Crippen LogP contribution < -0.4 is 0 Å². The Morgan fingerprint density at radius 1 is 1.33 bits per heavy atom. The maximum atomic E-state index is 9.55. The zero-order chi connectivity index (χ0) is 8.72. The van der Waals surface area contributed by atoms with E-state index in [9.17, 15) is 10.2 Å². The summed E-state index contributed by atoms with van der Waals surface area (Å²) in [5, 5.41) is 28.0. The van der Waals surface area contributed by atoms with Crippen LogP contribution in [-0.2, 0) is 0 Å². The first-order chi connectivity index (χ1) is 5.75. The molecular formula is C7H13NO3S. The van der Waals surface area contributed by atoms with Crippen LogP contribution in [0.3, 0.4) is 0 Å². The molecule has 0 aromatic rings. The van der Waals surface area contributed by atoms with Crippen molar-refractivity contribution in [1.29, 1.82) is 0 Å². The average molecular weight is 191 g/mol. The molecule has 0 saturated carbocycles. The van der Waals surface area contributed by atoms with Crippen LogP contribution in [0.25, 0.3) is 0 Å². The van der Waals surface area contributed by atoms with Gasteiger partial charge in [-0.25, -0.2) is 0 Å². The third-order valence-corrected chi connectivity index (χ3v) is 3.92. The third-order valence-electron chi connectivity index (χ3n) is 2.61. The Balaban J connectivity index is 2.15. The topological polar surface area (TPSA) is 63.9 Å². The molecule has 0 bridgehead atoms. The van der Waals surface area contributed by atoms with Crippen LogP contribution in [0.4, 0.5) is 0 Å². The highest BCUT2D eigenvalue weighted by Crippen LogP contribution is 2.36. The van der Waals surface area contributed by atoms with Crippen molar-refractivity contribution in [2.45, 2.75) is 23.6 Å². The summed E-state index contributed by atoms with van der Waals surface area (Å²) in [4.78, 5) is 1.99. The van der Waals surface area contributed by atoms with Crippen molar-refractivity contribution in [2.75, 3.05) is 18.9 Å². The monoisotopic (exact) mass is 191 g/mol. The van der Waals surface area contributed by atoms with Gasteiger partial charge in [-0.1, -0.05) is 0 Å². The summed E-state index contributed by atoms with van der Waals surface area (Å²) in [6, 6.07) is -0.264. The van der Waals surface area contributed by atoms with Gasteiger partial charge in [0.1, 0.15) is 12.2 Å². The van der Waals surface area contributed by atoms with E-state index in [-0.39, 0.29) is 18.0 Å². The second-order valence-electron chi connectivity index (χ2n) is 3.23. The largest absolute Gasteiger partial charge is 0.395 e. The van der Waals surface area contributed by atoms with Crippen LogP contribution >= 0.6 is 11.8 Å². The molecule has 2 saturated heterocycles. The minimum atomic E-state index is -0.784. The van der Waals surface area contributed by atoms with Gasteiger partial charge in [-0.2, -0.15) is 0 Å². The third kappa shape index (κ3) is 1.08. The molecule has 5 heteroatoms. The molecule has 0 unspecified atom stereocenters. The van der Waals surface area contributed by atoms with Crippen molar-refractivity contribution in [3.8, 4) is 0 Å². The minimum Gasteiger partial charge on any atom is -0.395 e. The first kappa shape index (κ1) is 8.77. The van der Waals surface area contributed by atoms with Crippen LogP contribution in [0.1, 0.15) is 0 Å². The van der Waals surface area contributed by atoms with Gasteiger partial charge in [-0.05, 0) is 0 Å². The van der Waals surface area contributed by atoms with E-state index in [1.165, 1.54) is 0 Å². The van der Waals surface area contributed by atoms with Crippen LogP contribution in [0.5, 0.6) is 0 Å². The molecule has 2 fully saturated rings. The van der Waals surface area contributed by atoms with Gasteiger partial charge in [-0.3, -0.25) is 4.90 Å². The maximum absolute atomic E-state index is 9.55. The van der Waals surface area contributed by atoms with Crippen LogP contribution in [0, 0.1) is 0 Å². The number of rotatable bonds is 1. The van der Waals surface area contributed by atoms with Crippen LogP contribution in [-0.4, -0.2) is 62.7 Å². The number of aliphatic hydroxyl groups is 3. The zero-order valence-electron chi connectivity index (χ0n) is 6.63. The van der Waals surface area contributed by atoms with Gasteiger partial charge in [-0.15, -0.1) is 11.8 Å². The first-order valence-corrected chi connectivity index (χ1v) is 5.15. The second kappa shape index (κ2) is 3.16. The van der Waals surface area contributed by atoms with Gasteiger partial charge >= 0.3 is 0 Å². The van der Waals surface area contributed by atoms with E-state index in [0.717, 1.165) is 12.3 Å². The summed E-state index contributed by atoms with van der Waals surface area (Å²) < 4.78 is 0. The van der Waals surface area contributed by atoms with E-state index in [4.69, 9.17) is 5.11 Å². The average Bonchev–Trinajstić information content (AvgIpc) is 2.59. The van der Waals surface area contributed by atoms with E-state index in [1.807, 2.05) is 4.90 Å². The lowest BCUT2D eigenvalue weighted by atomic mass is 10.1. The number of aliphatic hydroxyl groups excluding tert-OH is 3. The summed E-state index contributed by atoms with van der Waals surface area (Å²) in [6.07, 6.45) is -1.48. The summed E-state index contributed by atoms with van der Waals surface area (Å²) in [5.41, 5.74) is 0. The van der Waals surface area contributed by atoms with Crippen molar-refractivity contribution in [3.05, 3.63) is 0 Å². The molecule has 2 aliphatic rings. The smallest absolute Gasteiger partial charge is 0.106 e. The van der Waals surface area contributed by atoms with Gasteiger partial charge in [0.25, 0.3) is 0 Å². The Morgan fingerprint density at radius 3 is 2.75 bits per heavy atom. The number of hydrogen-bond acceptors (Lipinski definition) is 5. The SMILES string of the molecule is OC[C@H]1[C@@H](O)[C@@H](O)[C@@H]2SCCN12. The van der Waals surface area contributed by atoms with Gasteiger partial charge in [0, 0.05) is 12.3 Å². The van der Waals surface area contributed by atoms with Gasteiger partial charge < -0.3 is 15.3 Å². The molecular weight excluding hydrogens is 178 g/mol. The molecule has 70 valence electrons. The molecule has 4 atom stereocenters. The highest BCUT2D eigenvalue weighted by Gasteiger charge is 2.49. The Hall–Kier alpha value is 0.190. The highest BCUT2D eigenvalue weighted by molar-refractivity contribution is 8.00. The number of hydrogen-bond donors (Lipinski definition) is 3. The highest BCUT2D eigenvalue weighted by atomic mass is 32.2. The standard InChI is InChI=1S/C7H13NO3S/c9-3-4-5(10)6(11)7-8(4)1-2-12-7/h4-7,9-11H,1-3H2/t4-,5+,6+,7-/m0/s1. The number of fused-ring (bicyclic) bond motifs is 1. The van der Waals surface area contributed by atoms with E-state index in [2.05, 4.69) is 0 Å². The molecule has 0 aromatic heterocycles. The van der Waals surface area contributed by atoms with Crippen molar-refractivity contribution in [2.24, 2.45) is 0 Å². The van der Waals surface area contributed by atoms with Crippen molar-refractivity contribution in [1.82, 2.24) is 4.90 Å². The van der Waals surface area contributed by atoms with Crippen LogP contribution in [0.2, 0.25) is 0 Å². The molecule has 0 spiro atoms. The molecule has 3 N–H and O–H groups in total. The predicted octanol–water partition coefficient (Wildman–Crippen LogP) is -1.54. The lowest BCUT2D eigenvalue weighted by Crippen LogP contribution is -2.39. The van der Waals surface area contributed by atoms with E-state index < -0.39 is 12.2 Å². The summed E-state index contributed by atoms with van der Waals surface area (Å²) in [5.74, 6) is 0.977. The number of thioether (sulfide) groups is 1. The molecule has 2 aliphatic heterocycles. The summed E-state index contributed by atoms with van der Waals surface area (Å²) >= 11 is 1.65. The Morgan fingerprint density at radius 2 is 2.08 bits per heavy atom. The molecule has 0 radical (unpaired) electrons. The van der Waals surface area contributed by atoms with Crippen molar-refractivity contribution >= 4 is 11.8 Å². The fourth-order valence-electron chi connectivity index (χ4n) is 1.96. The van der Waals surface area contributed by atoms with Gasteiger partial charge in [0.2, 0.25) is 0 Å². The Bertz CT molecular complexity index is 178. The van der Waals surface area contributed by atoms with E-state index in [1.54, 1.807) is 11.8 Å². The Labute approximate surface area is 75.2 Å². The normalized spacial score (nSPS) is 48.2. The maximum Gasteiger partial charge on any atom is 0.106 e. The van der Waals surface area contributed by atoms with Crippen molar-refractivity contribution in [3.63, 3.8) is 0 Å². The molecule has 2 rings (SSSR count). The fraction of sp³-hybridized carbons (Fsp3) is 1.00. The summed E-state index contributed by atoms with van der Waals surface area (Å²) in [7, 11) is 0. The molecule has 0 aliphatic carbocycles. The molecule has 2 heterocycles.